The fourth-order valence-electron chi connectivity index (χ4n) is 1.52. The summed E-state index contributed by atoms with van der Waals surface area (Å²) in [6.45, 7) is 0.0680. The molecule has 0 unspecified atom stereocenters. The fraction of sp³-hybridized carbons (Fsp3) is 0.250. The number of hydrogen-bond donors (Lipinski definition) is 1. The van der Waals surface area contributed by atoms with Gasteiger partial charge in [-0.25, -0.2) is 4.98 Å². The third-order valence-corrected chi connectivity index (χ3v) is 3.17. The molecular weight excluding hydrogens is 277 g/mol. The van der Waals surface area contributed by atoms with Gasteiger partial charge in [-0.05, 0) is 17.7 Å². The number of benzene rings is 1. The number of alkyl halides is 3. The summed E-state index contributed by atoms with van der Waals surface area (Å²) in [5.41, 5.74) is 4.94. The Bertz CT molecular complexity index is 540. The number of nitrogens with two attached hydrogens (primary N) is 1. The van der Waals surface area contributed by atoms with Crippen LogP contribution in [-0.2, 0) is 19.3 Å². The smallest absolute Gasteiger partial charge is 0.419 e. The van der Waals surface area contributed by atoms with Gasteiger partial charge in [0.2, 0.25) is 0 Å². The normalized spacial score (nSPS) is 11.6. The first-order valence-corrected chi connectivity index (χ1v) is 6.30. The molecule has 0 fully saturated rings. The molecule has 0 aliphatic carbocycles. The van der Waals surface area contributed by atoms with Gasteiger partial charge in [0.25, 0.3) is 0 Å². The Morgan fingerprint density at radius 1 is 1.32 bits per heavy atom. The monoisotopic (exact) mass is 288 g/mol. The van der Waals surface area contributed by atoms with Gasteiger partial charge in [-0.2, -0.15) is 13.2 Å². The van der Waals surface area contributed by atoms with Crippen LogP contribution >= 0.6 is 11.3 Å². The molecule has 7 heteroatoms. The van der Waals surface area contributed by atoms with Gasteiger partial charge in [0.15, 0.2) is 0 Å². The molecule has 19 heavy (non-hydrogen) atoms. The van der Waals surface area contributed by atoms with Crippen LogP contribution in [0, 0.1) is 0 Å². The van der Waals surface area contributed by atoms with E-state index in [1.54, 1.807) is 11.6 Å². The average molecular weight is 288 g/mol. The van der Waals surface area contributed by atoms with Crippen LogP contribution < -0.4 is 10.5 Å². The van der Waals surface area contributed by atoms with Crippen LogP contribution in [-0.4, -0.2) is 4.98 Å². The molecule has 1 aromatic heterocycles. The topological polar surface area (TPSA) is 48.1 Å². The van der Waals surface area contributed by atoms with Crippen molar-refractivity contribution in [2.45, 2.75) is 19.3 Å². The van der Waals surface area contributed by atoms with Gasteiger partial charge < -0.3 is 10.5 Å². The van der Waals surface area contributed by atoms with Crippen LogP contribution in [0.15, 0.2) is 29.8 Å². The Labute approximate surface area is 111 Å². The maximum absolute atomic E-state index is 12.9. The summed E-state index contributed by atoms with van der Waals surface area (Å²) in [6, 6.07) is 3.82. The highest BCUT2D eigenvalue weighted by Gasteiger charge is 2.34. The van der Waals surface area contributed by atoms with Crippen molar-refractivity contribution in [3.8, 4) is 5.75 Å². The van der Waals surface area contributed by atoms with E-state index >= 15 is 0 Å². The maximum atomic E-state index is 12.9. The summed E-state index contributed by atoms with van der Waals surface area (Å²) in [6.07, 6.45) is -2.89. The number of aromatic nitrogens is 1. The Morgan fingerprint density at radius 3 is 2.68 bits per heavy atom. The van der Waals surface area contributed by atoms with Crippen molar-refractivity contribution in [3.63, 3.8) is 0 Å². The van der Waals surface area contributed by atoms with Gasteiger partial charge in [-0.1, -0.05) is 6.07 Å². The standard InChI is InChI=1S/C12H11F3N2OS/c13-12(14,15)9-5-8(6-16)1-2-10(9)18-7-11-17-3-4-19-11/h1-5H,6-7,16H2. The summed E-state index contributed by atoms with van der Waals surface area (Å²) in [5, 5.41) is 2.36. The third kappa shape index (κ3) is 3.45. The Balaban J connectivity index is 2.23. The molecule has 0 amide bonds. The lowest BCUT2D eigenvalue weighted by Crippen LogP contribution is -2.10. The summed E-state index contributed by atoms with van der Waals surface area (Å²) in [7, 11) is 0. The van der Waals surface area contributed by atoms with Gasteiger partial charge in [0.05, 0.1) is 5.56 Å². The maximum Gasteiger partial charge on any atom is 0.419 e. The highest BCUT2D eigenvalue weighted by Crippen LogP contribution is 2.37. The van der Waals surface area contributed by atoms with E-state index in [4.69, 9.17) is 10.5 Å². The average Bonchev–Trinajstić information content (AvgIpc) is 2.88. The molecule has 0 saturated carbocycles. The first-order chi connectivity index (χ1) is 9.00. The number of rotatable bonds is 4. The minimum Gasteiger partial charge on any atom is -0.486 e. The molecule has 3 nitrogen and oxygen atoms in total. The van der Waals surface area contributed by atoms with Crippen molar-refractivity contribution in [1.82, 2.24) is 4.98 Å². The minimum absolute atomic E-state index is 0.0166. The Hall–Kier alpha value is -1.60. The van der Waals surface area contributed by atoms with Crippen LogP contribution in [0.1, 0.15) is 16.1 Å². The van der Waals surface area contributed by atoms with E-state index in [2.05, 4.69) is 4.98 Å². The van der Waals surface area contributed by atoms with Crippen molar-refractivity contribution in [2.24, 2.45) is 5.73 Å². The molecule has 0 aliphatic heterocycles. The summed E-state index contributed by atoms with van der Waals surface area (Å²) in [5.74, 6) is -0.208. The zero-order valence-electron chi connectivity index (χ0n) is 9.78. The Kier molecular flexibility index (Phi) is 4.06. The van der Waals surface area contributed by atoms with Crippen molar-refractivity contribution >= 4 is 11.3 Å². The molecule has 0 radical (unpaired) electrons. The zero-order chi connectivity index (χ0) is 13.9. The zero-order valence-corrected chi connectivity index (χ0v) is 10.6. The van der Waals surface area contributed by atoms with Gasteiger partial charge in [-0.3, -0.25) is 0 Å². The molecular formula is C12H11F3N2OS. The summed E-state index contributed by atoms with van der Waals surface area (Å²) in [4.78, 5) is 3.95. The number of halogens is 3. The number of hydrogen-bond acceptors (Lipinski definition) is 4. The molecule has 0 bridgehead atoms. The summed E-state index contributed by atoms with van der Waals surface area (Å²) < 4.78 is 43.9. The second-order valence-corrected chi connectivity index (χ2v) is 4.73. The second kappa shape index (κ2) is 5.58. The number of nitrogens with zero attached hydrogens (tertiary/aromatic N) is 1. The predicted molar refractivity (Wildman–Crippen MR) is 65.8 cm³/mol. The van der Waals surface area contributed by atoms with E-state index in [0.717, 1.165) is 6.07 Å². The molecule has 2 rings (SSSR count). The van der Waals surface area contributed by atoms with E-state index < -0.39 is 11.7 Å². The molecule has 0 saturated heterocycles. The van der Waals surface area contributed by atoms with Crippen molar-refractivity contribution in [1.29, 1.82) is 0 Å². The quantitative estimate of drug-likeness (QED) is 0.940. The lowest BCUT2D eigenvalue weighted by atomic mass is 10.1. The fourth-order valence-corrected chi connectivity index (χ4v) is 2.04. The lowest BCUT2D eigenvalue weighted by Gasteiger charge is -2.14. The molecule has 0 atom stereocenters. The molecule has 1 aromatic carbocycles. The van der Waals surface area contributed by atoms with E-state index in [1.165, 1.54) is 23.5 Å². The van der Waals surface area contributed by atoms with E-state index in [9.17, 15) is 13.2 Å². The first kappa shape index (κ1) is 13.8. The highest BCUT2D eigenvalue weighted by atomic mass is 32.1. The molecule has 2 N–H and O–H groups in total. The van der Waals surface area contributed by atoms with Gasteiger partial charge in [0.1, 0.15) is 17.4 Å². The van der Waals surface area contributed by atoms with Crippen molar-refractivity contribution in [2.75, 3.05) is 0 Å². The number of thiazole rings is 1. The van der Waals surface area contributed by atoms with Crippen LogP contribution in [0.3, 0.4) is 0 Å². The lowest BCUT2D eigenvalue weighted by molar-refractivity contribution is -0.139. The van der Waals surface area contributed by atoms with E-state index in [-0.39, 0.29) is 18.9 Å². The predicted octanol–water partition coefficient (Wildman–Crippen LogP) is 3.20. The molecule has 102 valence electrons. The number of ether oxygens (including phenoxy) is 1. The van der Waals surface area contributed by atoms with Crippen molar-refractivity contribution < 1.29 is 17.9 Å². The van der Waals surface area contributed by atoms with Crippen LogP contribution in [0.5, 0.6) is 5.75 Å². The van der Waals surface area contributed by atoms with Crippen molar-refractivity contribution in [3.05, 3.63) is 45.9 Å². The van der Waals surface area contributed by atoms with Gasteiger partial charge in [-0.15, -0.1) is 11.3 Å². The summed E-state index contributed by atoms with van der Waals surface area (Å²) >= 11 is 1.33. The van der Waals surface area contributed by atoms with Crippen LogP contribution in [0.4, 0.5) is 13.2 Å². The van der Waals surface area contributed by atoms with E-state index in [1.807, 2.05) is 0 Å². The van der Waals surface area contributed by atoms with E-state index in [0.29, 0.717) is 10.6 Å². The van der Waals surface area contributed by atoms with Crippen LogP contribution in [0.25, 0.3) is 0 Å². The largest absolute Gasteiger partial charge is 0.486 e. The molecule has 2 aromatic rings. The van der Waals surface area contributed by atoms with Gasteiger partial charge in [0, 0.05) is 18.1 Å². The minimum atomic E-state index is -4.47. The van der Waals surface area contributed by atoms with Gasteiger partial charge >= 0.3 is 6.18 Å². The second-order valence-electron chi connectivity index (χ2n) is 3.75. The van der Waals surface area contributed by atoms with Crippen LogP contribution in [0.2, 0.25) is 0 Å². The SMILES string of the molecule is NCc1ccc(OCc2nccs2)c(C(F)(F)F)c1. The molecule has 1 heterocycles. The Morgan fingerprint density at radius 2 is 2.11 bits per heavy atom. The first-order valence-electron chi connectivity index (χ1n) is 5.42. The third-order valence-electron chi connectivity index (χ3n) is 2.42. The highest BCUT2D eigenvalue weighted by molar-refractivity contribution is 7.09. The molecule has 0 aliphatic rings. The molecule has 0 spiro atoms.